The molecule has 0 N–H and O–H groups in total. The van der Waals surface area contributed by atoms with Gasteiger partial charge in [-0.25, -0.2) is 9.67 Å². The van der Waals surface area contributed by atoms with E-state index in [0.717, 1.165) is 51.9 Å². The predicted octanol–water partition coefficient (Wildman–Crippen LogP) is 4.54. The van der Waals surface area contributed by atoms with E-state index in [2.05, 4.69) is 30.0 Å². The van der Waals surface area contributed by atoms with Crippen molar-refractivity contribution in [2.24, 2.45) is 13.0 Å². The number of aromatic nitrogens is 4. The Morgan fingerprint density at radius 3 is 2.81 bits per heavy atom. The highest BCUT2D eigenvalue weighted by Crippen LogP contribution is 2.31. The van der Waals surface area contributed by atoms with E-state index in [0.29, 0.717) is 0 Å². The lowest BCUT2D eigenvalue weighted by Gasteiger charge is -2.29. The molecule has 26 heavy (non-hydrogen) atoms. The standard InChI is InChI=1S/C18H23N5S3/c1-13-7-9-22(10-8-13)12-23-18(24)21(2)16(20-23)11-25-17-19-14-5-3-4-6-15(14)26-17/h3-6,13H,7-12H2,1-2H3. The van der Waals surface area contributed by atoms with Gasteiger partial charge in [0.25, 0.3) is 0 Å². The van der Waals surface area contributed by atoms with E-state index < -0.39 is 0 Å². The van der Waals surface area contributed by atoms with Crippen molar-refractivity contribution in [1.29, 1.82) is 0 Å². The fourth-order valence-electron chi connectivity index (χ4n) is 3.18. The number of likely N-dealkylation sites (tertiary alicyclic amines) is 1. The summed E-state index contributed by atoms with van der Waals surface area (Å²) in [5.41, 5.74) is 1.07. The lowest BCUT2D eigenvalue weighted by Crippen LogP contribution is -2.34. The Balaban J connectivity index is 1.44. The molecular weight excluding hydrogens is 382 g/mol. The highest BCUT2D eigenvalue weighted by atomic mass is 32.2. The zero-order valence-corrected chi connectivity index (χ0v) is 17.5. The Bertz CT molecular complexity index is 916. The summed E-state index contributed by atoms with van der Waals surface area (Å²) in [4.78, 5) is 7.14. The molecule has 0 spiro atoms. The molecule has 0 unspecified atom stereocenters. The van der Waals surface area contributed by atoms with Crippen molar-refractivity contribution < 1.29 is 0 Å². The minimum absolute atomic E-state index is 0.782. The Morgan fingerprint density at radius 2 is 2.04 bits per heavy atom. The van der Waals surface area contributed by atoms with Crippen molar-refractivity contribution >= 4 is 45.5 Å². The largest absolute Gasteiger partial charge is 0.306 e. The second-order valence-corrected chi connectivity index (χ2v) is 9.55. The van der Waals surface area contributed by atoms with Crippen molar-refractivity contribution in [3.8, 4) is 0 Å². The van der Waals surface area contributed by atoms with Crippen molar-refractivity contribution in [3.63, 3.8) is 0 Å². The fraction of sp³-hybridized carbons (Fsp3) is 0.500. The number of hydrogen-bond acceptors (Lipinski definition) is 6. The van der Waals surface area contributed by atoms with Gasteiger partial charge in [0.2, 0.25) is 0 Å². The quantitative estimate of drug-likeness (QED) is 0.460. The van der Waals surface area contributed by atoms with Crippen molar-refractivity contribution in [1.82, 2.24) is 24.2 Å². The molecule has 1 aliphatic rings. The van der Waals surface area contributed by atoms with Crippen LogP contribution in [0.1, 0.15) is 25.6 Å². The molecule has 4 rings (SSSR count). The summed E-state index contributed by atoms with van der Waals surface area (Å²) < 4.78 is 7.11. The van der Waals surface area contributed by atoms with E-state index in [1.54, 1.807) is 23.1 Å². The summed E-state index contributed by atoms with van der Waals surface area (Å²) in [7, 11) is 2.01. The van der Waals surface area contributed by atoms with E-state index in [1.807, 2.05) is 22.4 Å². The van der Waals surface area contributed by atoms with Gasteiger partial charge in [-0.1, -0.05) is 30.8 Å². The Hall–Kier alpha value is -1.22. The van der Waals surface area contributed by atoms with Crippen LogP contribution in [0.3, 0.4) is 0 Å². The van der Waals surface area contributed by atoms with Crippen LogP contribution < -0.4 is 0 Å². The second-order valence-electron chi connectivity index (χ2n) is 6.94. The minimum atomic E-state index is 0.782. The summed E-state index contributed by atoms with van der Waals surface area (Å²) in [6.45, 7) is 5.40. The molecule has 0 atom stereocenters. The number of piperidine rings is 1. The molecular formula is C18H23N5S3. The number of benzene rings is 1. The van der Waals surface area contributed by atoms with Crippen molar-refractivity contribution in [3.05, 3.63) is 34.9 Å². The summed E-state index contributed by atoms with van der Waals surface area (Å²) in [5.74, 6) is 2.62. The van der Waals surface area contributed by atoms with Gasteiger partial charge in [-0.2, -0.15) is 5.10 Å². The topological polar surface area (TPSA) is 38.9 Å². The molecule has 1 saturated heterocycles. The van der Waals surface area contributed by atoms with Crippen LogP contribution in [-0.2, 0) is 19.5 Å². The second kappa shape index (κ2) is 7.80. The number of nitrogens with zero attached hydrogens (tertiary/aromatic N) is 5. The molecule has 0 radical (unpaired) electrons. The molecule has 3 heterocycles. The molecule has 0 amide bonds. The van der Waals surface area contributed by atoms with E-state index in [9.17, 15) is 0 Å². The SMILES string of the molecule is CC1CCN(Cn2nc(CSc3nc4ccccc4s3)n(C)c2=S)CC1. The molecule has 0 saturated carbocycles. The van der Waals surface area contributed by atoms with Gasteiger partial charge in [0.05, 0.1) is 22.6 Å². The van der Waals surface area contributed by atoms with Crippen LogP contribution in [0.2, 0.25) is 0 Å². The van der Waals surface area contributed by atoms with E-state index in [-0.39, 0.29) is 0 Å². The summed E-state index contributed by atoms with van der Waals surface area (Å²) >= 11 is 9.07. The molecule has 1 aliphatic heterocycles. The van der Waals surface area contributed by atoms with Gasteiger partial charge >= 0.3 is 0 Å². The van der Waals surface area contributed by atoms with Gasteiger partial charge in [0.1, 0.15) is 5.82 Å². The first-order valence-electron chi connectivity index (χ1n) is 8.93. The van der Waals surface area contributed by atoms with E-state index >= 15 is 0 Å². The van der Waals surface area contributed by atoms with Crippen LogP contribution in [0.5, 0.6) is 0 Å². The molecule has 0 aliphatic carbocycles. The van der Waals surface area contributed by atoms with Crippen LogP contribution in [0, 0.1) is 10.7 Å². The Labute approximate surface area is 167 Å². The molecule has 3 aromatic rings. The first-order valence-corrected chi connectivity index (χ1v) is 11.1. The monoisotopic (exact) mass is 405 g/mol. The highest BCUT2D eigenvalue weighted by molar-refractivity contribution is 8.00. The number of hydrogen-bond donors (Lipinski definition) is 0. The zero-order chi connectivity index (χ0) is 18.1. The minimum Gasteiger partial charge on any atom is -0.306 e. The number of thiazole rings is 1. The van der Waals surface area contributed by atoms with Gasteiger partial charge in [0, 0.05) is 20.1 Å². The normalized spacial score (nSPS) is 16.5. The number of fused-ring (bicyclic) bond motifs is 1. The van der Waals surface area contributed by atoms with Gasteiger partial charge in [-0.05, 0) is 43.1 Å². The third kappa shape index (κ3) is 3.88. The highest BCUT2D eigenvalue weighted by Gasteiger charge is 2.17. The summed E-state index contributed by atoms with van der Waals surface area (Å²) in [5, 5.41) is 4.78. The van der Waals surface area contributed by atoms with Gasteiger partial charge < -0.3 is 4.57 Å². The zero-order valence-electron chi connectivity index (χ0n) is 15.1. The first kappa shape index (κ1) is 18.2. The molecule has 1 aromatic carbocycles. The molecule has 8 heteroatoms. The number of para-hydroxylation sites is 1. The lowest BCUT2D eigenvalue weighted by atomic mass is 10.00. The van der Waals surface area contributed by atoms with Gasteiger partial charge in [-0.15, -0.1) is 11.3 Å². The summed E-state index contributed by atoms with van der Waals surface area (Å²) in [6, 6.07) is 8.27. The number of thioether (sulfide) groups is 1. The van der Waals surface area contributed by atoms with Crippen molar-refractivity contribution in [2.45, 2.75) is 36.5 Å². The maximum atomic E-state index is 5.60. The van der Waals surface area contributed by atoms with Crippen LogP contribution in [0.4, 0.5) is 0 Å². The first-order chi connectivity index (χ1) is 12.6. The van der Waals surface area contributed by atoms with Gasteiger partial charge in [-0.3, -0.25) is 4.90 Å². The van der Waals surface area contributed by atoms with Crippen LogP contribution in [0.25, 0.3) is 10.2 Å². The maximum absolute atomic E-state index is 5.60. The Morgan fingerprint density at radius 1 is 1.27 bits per heavy atom. The maximum Gasteiger partial charge on any atom is 0.198 e. The van der Waals surface area contributed by atoms with Crippen LogP contribution in [-0.4, -0.2) is 37.3 Å². The Kier molecular flexibility index (Phi) is 5.45. The average Bonchev–Trinajstić information content (AvgIpc) is 3.18. The van der Waals surface area contributed by atoms with Crippen molar-refractivity contribution in [2.75, 3.05) is 13.1 Å². The third-order valence-electron chi connectivity index (χ3n) is 4.94. The van der Waals surface area contributed by atoms with Crippen LogP contribution >= 0.6 is 35.3 Å². The molecule has 5 nitrogen and oxygen atoms in total. The number of rotatable bonds is 5. The predicted molar refractivity (Wildman–Crippen MR) is 111 cm³/mol. The van der Waals surface area contributed by atoms with Crippen LogP contribution in [0.15, 0.2) is 28.6 Å². The lowest BCUT2D eigenvalue weighted by molar-refractivity contribution is 0.145. The molecule has 138 valence electrons. The van der Waals surface area contributed by atoms with E-state index in [1.165, 1.54) is 17.5 Å². The molecule has 2 aromatic heterocycles. The fourth-order valence-corrected chi connectivity index (χ4v) is 5.43. The average molecular weight is 406 g/mol. The smallest absolute Gasteiger partial charge is 0.198 e. The van der Waals surface area contributed by atoms with E-state index in [4.69, 9.17) is 22.3 Å². The summed E-state index contributed by atoms with van der Waals surface area (Å²) in [6.07, 6.45) is 2.53. The third-order valence-corrected chi connectivity index (χ3v) is 7.60. The molecule has 0 bridgehead atoms. The van der Waals surface area contributed by atoms with Gasteiger partial charge in [0.15, 0.2) is 9.11 Å². The molecule has 1 fully saturated rings.